The number of nitrogens with one attached hydrogen (secondary N) is 2. The predicted molar refractivity (Wildman–Crippen MR) is 97.4 cm³/mol. The van der Waals surface area contributed by atoms with Gasteiger partial charge in [-0.1, -0.05) is 25.0 Å². The van der Waals surface area contributed by atoms with E-state index >= 15 is 0 Å². The number of carbonyl (C=O) groups excluding carboxylic acids is 1. The molecule has 0 spiro atoms. The highest BCUT2D eigenvalue weighted by atomic mass is 16.2. The minimum absolute atomic E-state index is 0.00600. The Labute approximate surface area is 148 Å². The van der Waals surface area contributed by atoms with Crippen LogP contribution in [0.3, 0.4) is 0 Å². The molecule has 132 valence electrons. The van der Waals surface area contributed by atoms with Crippen molar-refractivity contribution < 1.29 is 4.79 Å². The second-order valence-electron chi connectivity index (χ2n) is 7.49. The lowest BCUT2D eigenvalue weighted by Crippen LogP contribution is -2.48. The third-order valence-electron chi connectivity index (χ3n) is 6.01. The Kier molecular flexibility index (Phi) is 4.34. The van der Waals surface area contributed by atoms with E-state index in [1.807, 2.05) is 16.8 Å². The van der Waals surface area contributed by atoms with Crippen LogP contribution in [0.25, 0.3) is 5.69 Å². The van der Waals surface area contributed by atoms with E-state index in [9.17, 15) is 4.79 Å². The predicted octanol–water partition coefficient (Wildman–Crippen LogP) is 2.83. The molecule has 2 aromatic rings. The summed E-state index contributed by atoms with van der Waals surface area (Å²) in [6.45, 7) is 3.88. The lowest BCUT2D eigenvalue weighted by atomic mass is 9.67. The van der Waals surface area contributed by atoms with Gasteiger partial charge in [0.2, 0.25) is 5.91 Å². The monoisotopic (exact) mass is 338 g/mol. The molecule has 1 aromatic carbocycles. The van der Waals surface area contributed by atoms with Crippen molar-refractivity contribution in [3.8, 4) is 5.69 Å². The van der Waals surface area contributed by atoms with E-state index in [-0.39, 0.29) is 17.4 Å². The van der Waals surface area contributed by atoms with Crippen molar-refractivity contribution in [1.82, 2.24) is 20.2 Å². The first kappa shape index (κ1) is 16.3. The van der Waals surface area contributed by atoms with Crippen molar-refractivity contribution >= 4 is 5.91 Å². The Balaban J connectivity index is 1.51. The number of imidazole rings is 1. The molecule has 0 radical (unpaired) electrons. The number of aromatic nitrogens is 2. The molecule has 1 unspecified atom stereocenters. The number of nitrogens with zero attached hydrogens (tertiary/aromatic N) is 2. The van der Waals surface area contributed by atoms with Gasteiger partial charge in [0, 0.05) is 24.6 Å². The Bertz CT molecular complexity index is 742. The van der Waals surface area contributed by atoms with Crippen LogP contribution in [0.4, 0.5) is 0 Å². The highest BCUT2D eigenvalue weighted by molar-refractivity contribution is 5.84. The van der Waals surface area contributed by atoms with E-state index in [1.165, 1.54) is 12.8 Å². The maximum absolute atomic E-state index is 13.1. The summed E-state index contributed by atoms with van der Waals surface area (Å²) in [4.78, 5) is 17.2. The second kappa shape index (κ2) is 6.64. The Hall–Kier alpha value is -2.14. The first-order valence-electron chi connectivity index (χ1n) is 9.29. The lowest BCUT2D eigenvalue weighted by Gasteiger charge is -2.38. The van der Waals surface area contributed by atoms with E-state index in [0.29, 0.717) is 5.92 Å². The fourth-order valence-electron chi connectivity index (χ4n) is 4.48. The van der Waals surface area contributed by atoms with Crippen molar-refractivity contribution in [1.29, 1.82) is 0 Å². The number of amides is 1. The molecule has 1 aliphatic carbocycles. The summed E-state index contributed by atoms with van der Waals surface area (Å²) in [5, 5.41) is 6.75. The van der Waals surface area contributed by atoms with Gasteiger partial charge in [0.1, 0.15) is 0 Å². The van der Waals surface area contributed by atoms with Crippen molar-refractivity contribution in [2.24, 2.45) is 11.3 Å². The summed E-state index contributed by atoms with van der Waals surface area (Å²) >= 11 is 0. The molecule has 1 saturated heterocycles. The van der Waals surface area contributed by atoms with E-state index in [2.05, 4.69) is 40.7 Å². The van der Waals surface area contributed by atoms with Crippen molar-refractivity contribution in [2.75, 3.05) is 13.1 Å². The molecule has 25 heavy (non-hydrogen) atoms. The molecule has 3 atom stereocenters. The van der Waals surface area contributed by atoms with Crippen molar-refractivity contribution in [3.63, 3.8) is 0 Å². The molecule has 5 nitrogen and oxygen atoms in total. The zero-order valence-corrected chi connectivity index (χ0v) is 14.7. The molecule has 2 N–H and O–H groups in total. The van der Waals surface area contributed by atoms with Gasteiger partial charge < -0.3 is 15.2 Å². The first-order valence-corrected chi connectivity index (χ1v) is 9.29. The van der Waals surface area contributed by atoms with Gasteiger partial charge in [-0.25, -0.2) is 4.98 Å². The van der Waals surface area contributed by atoms with Crippen LogP contribution in [-0.4, -0.2) is 28.5 Å². The van der Waals surface area contributed by atoms with Crippen molar-refractivity contribution in [3.05, 3.63) is 48.5 Å². The van der Waals surface area contributed by atoms with Crippen LogP contribution in [0.1, 0.15) is 44.2 Å². The van der Waals surface area contributed by atoms with Crippen molar-refractivity contribution in [2.45, 2.75) is 38.6 Å². The van der Waals surface area contributed by atoms with E-state index < -0.39 is 0 Å². The van der Waals surface area contributed by atoms with Gasteiger partial charge in [-0.3, -0.25) is 4.79 Å². The standard InChI is InChI=1S/C20H26N4O/c1-15(16-5-4-7-18(11-16)24-10-9-21-14-24)23-19(25)20-8-3-2-6-17(20)12-22-13-20/h4-5,7,9-11,14-15,17,22H,2-3,6,8,12-13H2,1H3,(H,23,25)/t15?,17-,20+/m0/s1. The van der Waals surface area contributed by atoms with Crippen LogP contribution < -0.4 is 10.6 Å². The summed E-state index contributed by atoms with van der Waals surface area (Å²) in [5.74, 6) is 0.716. The average molecular weight is 338 g/mol. The zero-order valence-electron chi connectivity index (χ0n) is 14.7. The average Bonchev–Trinajstić information content (AvgIpc) is 3.32. The summed E-state index contributed by atoms with van der Waals surface area (Å²) < 4.78 is 1.98. The van der Waals surface area contributed by atoms with Crippen LogP contribution in [0, 0.1) is 11.3 Å². The summed E-state index contributed by atoms with van der Waals surface area (Å²) in [6, 6.07) is 8.28. The highest BCUT2D eigenvalue weighted by Gasteiger charge is 2.49. The van der Waals surface area contributed by atoms with Gasteiger partial charge in [0.25, 0.3) is 0 Å². The van der Waals surface area contributed by atoms with Gasteiger partial charge in [0.05, 0.1) is 17.8 Å². The Morgan fingerprint density at radius 3 is 3.20 bits per heavy atom. The van der Waals surface area contributed by atoms with Crippen LogP contribution in [0.15, 0.2) is 43.0 Å². The maximum Gasteiger partial charge on any atom is 0.228 e. The maximum atomic E-state index is 13.1. The molecule has 2 heterocycles. The van der Waals surface area contributed by atoms with E-state index in [4.69, 9.17) is 0 Å². The smallest absolute Gasteiger partial charge is 0.228 e. The molecular weight excluding hydrogens is 312 g/mol. The molecule has 0 bridgehead atoms. The van der Waals surface area contributed by atoms with Gasteiger partial charge in [-0.2, -0.15) is 0 Å². The molecule has 1 amide bonds. The Morgan fingerprint density at radius 2 is 2.36 bits per heavy atom. The normalized spacial score (nSPS) is 26.8. The largest absolute Gasteiger partial charge is 0.349 e. The topological polar surface area (TPSA) is 59.0 Å². The van der Waals surface area contributed by atoms with Gasteiger partial charge >= 0.3 is 0 Å². The SMILES string of the molecule is CC(NC(=O)[C@@]12CCCC[C@H]1CNC2)c1cccc(-n2ccnc2)c1. The van der Waals surface area contributed by atoms with Gasteiger partial charge in [-0.15, -0.1) is 0 Å². The number of benzene rings is 1. The van der Waals surface area contributed by atoms with Crippen LogP contribution in [0.5, 0.6) is 0 Å². The number of hydrogen-bond acceptors (Lipinski definition) is 3. The summed E-state index contributed by atoms with van der Waals surface area (Å²) in [7, 11) is 0. The molecule has 5 heteroatoms. The van der Waals surface area contributed by atoms with Crippen LogP contribution in [0.2, 0.25) is 0 Å². The summed E-state index contributed by atoms with van der Waals surface area (Å²) in [6.07, 6.45) is 10.1. The minimum atomic E-state index is -0.200. The molecule has 2 aliphatic rings. The number of rotatable bonds is 4. The molecule has 1 saturated carbocycles. The van der Waals surface area contributed by atoms with E-state index in [0.717, 1.165) is 37.2 Å². The number of carbonyl (C=O) groups is 1. The fourth-order valence-corrected chi connectivity index (χ4v) is 4.48. The Morgan fingerprint density at radius 1 is 1.44 bits per heavy atom. The zero-order chi connectivity index (χ0) is 17.3. The van der Waals surface area contributed by atoms with Gasteiger partial charge in [-0.05, 0) is 49.9 Å². The molecule has 1 aliphatic heterocycles. The molecular formula is C20H26N4O. The first-order chi connectivity index (χ1) is 12.2. The second-order valence-corrected chi connectivity index (χ2v) is 7.49. The number of hydrogen-bond donors (Lipinski definition) is 2. The minimum Gasteiger partial charge on any atom is -0.349 e. The van der Waals surface area contributed by atoms with Gasteiger partial charge in [0.15, 0.2) is 0 Å². The van der Waals surface area contributed by atoms with Crippen LogP contribution in [-0.2, 0) is 4.79 Å². The highest BCUT2D eigenvalue weighted by Crippen LogP contribution is 2.44. The van der Waals surface area contributed by atoms with Crippen LogP contribution >= 0.6 is 0 Å². The third kappa shape index (κ3) is 2.97. The molecule has 4 rings (SSSR count). The lowest BCUT2D eigenvalue weighted by molar-refractivity contribution is -0.134. The fraction of sp³-hybridized carbons (Fsp3) is 0.500. The summed E-state index contributed by atoms with van der Waals surface area (Å²) in [5.41, 5.74) is 1.98. The quantitative estimate of drug-likeness (QED) is 0.901. The number of fused-ring (bicyclic) bond motifs is 1. The molecule has 2 fully saturated rings. The third-order valence-corrected chi connectivity index (χ3v) is 6.01. The van der Waals surface area contributed by atoms with E-state index in [1.54, 1.807) is 12.5 Å². The molecule has 1 aromatic heterocycles.